The fourth-order valence-corrected chi connectivity index (χ4v) is 10.9. The quantitative estimate of drug-likeness (QED) is 0.152. The van der Waals surface area contributed by atoms with Crippen LogP contribution in [0, 0.1) is 0 Å². The molecule has 10 aromatic rings. The highest BCUT2D eigenvalue weighted by Crippen LogP contribution is 2.51. The molecule has 0 bridgehead atoms. The van der Waals surface area contributed by atoms with Gasteiger partial charge in [-0.3, -0.25) is 4.57 Å². The van der Waals surface area contributed by atoms with E-state index in [-0.39, 0.29) is 21.7 Å². The van der Waals surface area contributed by atoms with Crippen molar-refractivity contribution in [1.82, 2.24) is 9.55 Å². The fraction of sp³-hybridized carbons (Fsp3) is 0.243. The van der Waals surface area contributed by atoms with Gasteiger partial charge in [-0.15, -0.1) is 0 Å². The molecule has 1 aliphatic heterocycles. The van der Waals surface area contributed by atoms with Crippen molar-refractivity contribution in [3.63, 3.8) is 0 Å². The molecule has 5 nitrogen and oxygen atoms in total. The predicted octanol–water partition coefficient (Wildman–Crippen LogP) is 19.4. The molecular formula is C70H70N4O. The summed E-state index contributed by atoms with van der Waals surface area (Å²) in [6, 6.07) is 68.8. The Labute approximate surface area is 445 Å². The van der Waals surface area contributed by atoms with Crippen LogP contribution in [0.1, 0.15) is 105 Å². The maximum absolute atomic E-state index is 6.95. The van der Waals surface area contributed by atoms with Gasteiger partial charge in [0.15, 0.2) is 0 Å². The number of fused-ring (bicyclic) bond motifs is 4. The molecule has 0 spiro atoms. The van der Waals surface area contributed by atoms with Gasteiger partial charge >= 0.3 is 0 Å². The summed E-state index contributed by atoms with van der Waals surface area (Å²) < 4.78 is 9.28. The molecule has 11 rings (SSSR count). The molecule has 2 aromatic heterocycles. The second-order valence-electron chi connectivity index (χ2n) is 24.6. The molecule has 1 aliphatic rings. The van der Waals surface area contributed by atoms with Crippen LogP contribution in [0.4, 0.5) is 22.7 Å². The van der Waals surface area contributed by atoms with Crippen LogP contribution in [0.25, 0.3) is 61.0 Å². The van der Waals surface area contributed by atoms with Crippen LogP contribution in [-0.4, -0.2) is 16.2 Å². The molecule has 0 aliphatic carbocycles. The number of anilines is 4. The monoisotopic (exact) mass is 983 g/mol. The Morgan fingerprint density at radius 2 is 0.947 bits per heavy atom. The van der Waals surface area contributed by atoms with Crippen LogP contribution in [0.15, 0.2) is 194 Å². The SMILES string of the molecule is CC(C)(C)c1ccc(-c2cnc(-n3c4ccc(C(C)(C)C)cc4c4ccc(Oc5cccc(N6CN(c7c(-c8ccccc8)cccc7-c7ccc(C(C)(C)C)cc7)c7ccccc76)c5)cc43)cc2C(C)(C)C)cc1. The number of benzene rings is 8. The van der Waals surface area contributed by atoms with Gasteiger partial charge in [0.25, 0.3) is 0 Å². The molecular weight excluding hydrogens is 913 g/mol. The number of aromatic nitrogens is 2. The molecule has 0 saturated carbocycles. The molecule has 5 heteroatoms. The van der Waals surface area contributed by atoms with Gasteiger partial charge in [0.2, 0.25) is 0 Å². The van der Waals surface area contributed by atoms with Crippen molar-refractivity contribution in [2.24, 2.45) is 0 Å². The number of hydrogen-bond donors (Lipinski definition) is 0. The molecule has 75 heavy (non-hydrogen) atoms. The lowest BCUT2D eigenvalue weighted by molar-refractivity contribution is 0.483. The van der Waals surface area contributed by atoms with E-state index >= 15 is 0 Å². The van der Waals surface area contributed by atoms with Crippen molar-refractivity contribution in [2.75, 3.05) is 16.5 Å². The van der Waals surface area contributed by atoms with Gasteiger partial charge in [0.05, 0.1) is 28.1 Å². The van der Waals surface area contributed by atoms with Gasteiger partial charge in [-0.05, 0) is 115 Å². The molecule has 0 unspecified atom stereocenters. The topological polar surface area (TPSA) is 33.5 Å². The fourth-order valence-electron chi connectivity index (χ4n) is 10.9. The lowest BCUT2D eigenvalue weighted by Crippen LogP contribution is -2.25. The Morgan fingerprint density at radius 1 is 0.400 bits per heavy atom. The van der Waals surface area contributed by atoms with Gasteiger partial charge in [-0.1, -0.05) is 204 Å². The third-order valence-corrected chi connectivity index (χ3v) is 15.2. The molecule has 0 radical (unpaired) electrons. The maximum atomic E-state index is 6.95. The van der Waals surface area contributed by atoms with E-state index in [0.29, 0.717) is 6.67 Å². The summed E-state index contributed by atoms with van der Waals surface area (Å²) in [6.07, 6.45) is 2.08. The Kier molecular flexibility index (Phi) is 12.2. The smallest absolute Gasteiger partial charge is 0.137 e. The molecule has 0 N–H and O–H groups in total. The second-order valence-corrected chi connectivity index (χ2v) is 24.6. The summed E-state index contributed by atoms with van der Waals surface area (Å²) in [6.45, 7) is 28.0. The number of nitrogens with zero attached hydrogens (tertiary/aromatic N) is 4. The van der Waals surface area contributed by atoms with Gasteiger partial charge in [0, 0.05) is 51.5 Å². The van der Waals surface area contributed by atoms with Crippen LogP contribution in [0.5, 0.6) is 11.5 Å². The number of pyridine rings is 1. The highest BCUT2D eigenvalue weighted by molar-refractivity contribution is 6.10. The molecule has 0 amide bonds. The molecule has 376 valence electrons. The van der Waals surface area contributed by atoms with Crippen LogP contribution in [-0.2, 0) is 21.7 Å². The average Bonchev–Trinajstić information content (AvgIpc) is 3.95. The van der Waals surface area contributed by atoms with Crippen molar-refractivity contribution in [2.45, 2.75) is 105 Å². The molecule has 0 saturated heterocycles. The number of ether oxygens (including phenoxy) is 1. The van der Waals surface area contributed by atoms with Crippen molar-refractivity contribution < 1.29 is 4.74 Å². The molecule has 0 atom stereocenters. The highest BCUT2D eigenvalue weighted by atomic mass is 16.5. The lowest BCUT2D eigenvalue weighted by atomic mass is 9.81. The lowest BCUT2D eigenvalue weighted by Gasteiger charge is -2.27. The van der Waals surface area contributed by atoms with Gasteiger partial charge in [-0.25, -0.2) is 4.98 Å². The first-order valence-electron chi connectivity index (χ1n) is 26.6. The first-order chi connectivity index (χ1) is 35.7. The van der Waals surface area contributed by atoms with E-state index in [0.717, 1.165) is 56.4 Å². The third kappa shape index (κ3) is 9.39. The number of para-hydroxylation sites is 3. The van der Waals surface area contributed by atoms with Gasteiger partial charge in [0.1, 0.15) is 24.0 Å². The summed E-state index contributed by atoms with van der Waals surface area (Å²) in [5, 5.41) is 2.36. The van der Waals surface area contributed by atoms with Crippen molar-refractivity contribution in [3.05, 3.63) is 217 Å². The van der Waals surface area contributed by atoms with E-state index in [1.54, 1.807) is 0 Å². The standard InChI is InChI=1S/C70H70N4O/c1-67(2,3)49-32-28-47(29-33-49)56-25-19-24-55(46-20-14-13-15-21-46)66(56)73-45-72(62-26-16-17-27-63(62)73)52-22-18-23-53(41-52)75-54-37-38-57-58-40-51(69(7,8)9)36-39-61(58)74(64(57)42-54)65-43-60(70(10,11)12)59(44-71-65)48-30-34-50(35-31-48)68(4,5)6/h13-44H,45H2,1-12H3. The zero-order chi connectivity index (χ0) is 52.6. The summed E-state index contributed by atoms with van der Waals surface area (Å²) in [5.41, 5.74) is 18.9. The normalized spacial score (nSPS) is 13.2. The Bertz CT molecular complexity index is 3740. The molecule has 8 aromatic carbocycles. The van der Waals surface area contributed by atoms with E-state index in [2.05, 4.69) is 292 Å². The van der Waals surface area contributed by atoms with E-state index in [4.69, 9.17) is 9.72 Å². The minimum Gasteiger partial charge on any atom is -0.457 e. The predicted molar refractivity (Wildman–Crippen MR) is 318 cm³/mol. The first kappa shape index (κ1) is 49.3. The van der Waals surface area contributed by atoms with Crippen LogP contribution in [0.2, 0.25) is 0 Å². The van der Waals surface area contributed by atoms with Crippen LogP contribution in [0.3, 0.4) is 0 Å². The number of rotatable bonds is 8. The number of hydrogen-bond acceptors (Lipinski definition) is 4. The van der Waals surface area contributed by atoms with Crippen LogP contribution < -0.4 is 14.5 Å². The third-order valence-electron chi connectivity index (χ3n) is 15.2. The van der Waals surface area contributed by atoms with E-state index in [1.165, 1.54) is 61.1 Å². The minimum atomic E-state index is -0.147. The van der Waals surface area contributed by atoms with E-state index < -0.39 is 0 Å². The summed E-state index contributed by atoms with van der Waals surface area (Å²) in [4.78, 5) is 10.2. The van der Waals surface area contributed by atoms with E-state index in [9.17, 15) is 0 Å². The highest BCUT2D eigenvalue weighted by Gasteiger charge is 2.32. The van der Waals surface area contributed by atoms with Crippen molar-refractivity contribution >= 4 is 44.6 Å². The van der Waals surface area contributed by atoms with Crippen LogP contribution >= 0.6 is 0 Å². The second kappa shape index (κ2) is 18.5. The summed E-state index contributed by atoms with van der Waals surface area (Å²) in [7, 11) is 0. The first-order valence-corrected chi connectivity index (χ1v) is 26.6. The molecule has 0 fully saturated rings. The van der Waals surface area contributed by atoms with Crippen molar-refractivity contribution in [3.8, 4) is 50.7 Å². The average molecular weight is 983 g/mol. The van der Waals surface area contributed by atoms with Gasteiger partial charge < -0.3 is 14.5 Å². The Morgan fingerprint density at radius 3 is 1.56 bits per heavy atom. The van der Waals surface area contributed by atoms with Gasteiger partial charge in [-0.2, -0.15) is 0 Å². The van der Waals surface area contributed by atoms with Crippen molar-refractivity contribution in [1.29, 1.82) is 0 Å². The van der Waals surface area contributed by atoms with E-state index in [1.807, 2.05) is 0 Å². The largest absolute Gasteiger partial charge is 0.457 e. The Hall–Kier alpha value is -7.89. The Balaban J connectivity index is 0.981. The zero-order valence-corrected chi connectivity index (χ0v) is 45.9. The summed E-state index contributed by atoms with van der Waals surface area (Å²) in [5.74, 6) is 2.40. The zero-order valence-electron chi connectivity index (χ0n) is 45.9. The maximum Gasteiger partial charge on any atom is 0.137 e. The minimum absolute atomic E-state index is 0.0165. The molecule has 3 heterocycles. The summed E-state index contributed by atoms with van der Waals surface area (Å²) >= 11 is 0.